The van der Waals surface area contributed by atoms with Gasteiger partial charge in [0.05, 0.1) is 14.7 Å². The van der Waals surface area contributed by atoms with Gasteiger partial charge in [0, 0.05) is 16.7 Å². The molecule has 15 nitrogen and oxygen atoms in total. The summed E-state index contributed by atoms with van der Waals surface area (Å²) in [6.45, 7) is 5.70. The maximum absolute atomic E-state index is 12.7. The van der Waals surface area contributed by atoms with Gasteiger partial charge in [0.15, 0.2) is 16.7 Å². The standard InChI is InChI=1S/3C20H15N2O3S.Ir/c3*1-14-10-12-15(13-11-14)26(23,24)22-17-7-3-2-6-16(17)20-21-18-8-4-5-9-19(18)25-20;/h3*2-13H,1H3;/q3*-1;+3. The molecular weight excluding hydrogens is 1240 g/mol. The summed E-state index contributed by atoms with van der Waals surface area (Å²) < 4.78 is 105. The molecule has 0 aliphatic rings. The van der Waals surface area contributed by atoms with E-state index in [1.807, 2.05) is 93.6 Å². The number of sulfonamides is 3. The minimum Gasteiger partial charge on any atom is -0.572 e. The molecular formula is C60H45IrN6O9S3. The predicted octanol–water partition coefficient (Wildman–Crippen LogP) is 15.6. The first kappa shape index (κ1) is 55.1. The summed E-state index contributed by atoms with van der Waals surface area (Å²) in [6.07, 6.45) is 0. The summed E-state index contributed by atoms with van der Waals surface area (Å²) in [4.78, 5) is 13.8. The average molecular weight is 1280 g/mol. The predicted molar refractivity (Wildman–Crippen MR) is 302 cm³/mol. The molecule has 0 saturated carbocycles. The maximum Gasteiger partial charge on any atom is 3.00 e. The number of fused-ring (bicyclic) bond motifs is 3. The van der Waals surface area contributed by atoms with Gasteiger partial charge in [-0.25, -0.2) is 40.2 Å². The molecule has 0 amide bonds. The Morgan fingerprint density at radius 3 is 0.785 bits per heavy atom. The van der Waals surface area contributed by atoms with Crippen molar-refractivity contribution in [1.82, 2.24) is 15.0 Å². The number of nitrogens with zero attached hydrogens (tertiary/aromatic N) is 6. The molecule has 79 heavy (non-hydrogen) atoms. The van der Waals surface area contributed by atoms with Gasteiger partial charge in [0.1, 0.15) is 46.6 Å². The molecule has 9 aromatic carbocycles. The van der Waals surface area contributed by atoms with Crippen LogP contribution in [0.3, 0.4) is 0 Å². The number of rotatable bonds is 12. The van der Waals surface area contributed by atoms with Crippen LogP contribution in [0.1, 0.15) is 16.7 Å². The molecule has 12 aromatic rings. The van der Waals surface area contributed by atoms with Crippen molar-refractivity contribution < 1.29 is 58.6 Å². The normalized spacial score (nSPS) is 11.4. The Balaban J connectivity index is 0.000000143. The third-order valence-electron chi connectivity index (χ3n) is 11.9. The second-order valence-corrected chi connectivity index (χ2v) is 22.5. The number of aryl methyl sites for hydroxylation is 3. The second-order valence-electron chi connectivity index (χ2n) is 17.6. The van der Waals surface area contributed by atoms with Crippen LogP contribution in [0.15, 0.2) is 246 Å². The fraction of sp³-hybridized carbons (Fsp3) is 0.0500. The van der Waals surface area contributed by atoms with E-state index in [0.29, 0.717) is 84.7 Å². The smallest absolute Gasteiger partial charge is 0.572 e. The second kappa shape index (κ2) is 23.5. The van der Waals surface area contributed by atoms with Crippen LogP contribution in [0.4, 0.5) is 17.1 Å². The van der Waals surface area contributed by atoms with Crippen molar-refractivity contribution >= 4 is 80.4 Å². The molecule has 3 heterocycles. The van der Waals surface area contributed by atoms with Crippen molar-refractivity contribution in [2.75, 3.05) is 0 Å². The van der Waals surface area contributed by atoms with Crippen LogP contribution in [0.25, 0.3) is 81.8 Å². The molecule has 0 atom stereocenters. The Kier molecular flexibility index (Phi) is 16.4. The number of hydrogen-bond acceptors (Lipinski definition) is 12. The van der Waals surface area contributed by atoms with Gasteiger partial charge in [-0.15, -0.1) is 17.1 Å². The van der Waals surface area contributed by atoms with Crippen molar-refractivity contribution in [3.8, 4) is 34.4 Å². The van der Waals surface area contributed by atoms with Gasteiger partial charge in [-0.3, -0.25) is 0 Å². The third kappa shape index (κ3) is 12.8. The van der Waals surface area contributed by atoms with E-state index in [9.17, 15) is 25.3 Å². The van der Waals surface area contributed by atoms with Gasteiger partial charge >= 0.3 is 20.1 Å². The molecule has 396 valence electrons. The van der Waals surface area contributed by atoms with E-state index in [1.54, 1.807) is 146 Å². The molecule has 12 rings (SSSR count). The number of oxazole rings is 3. The van der Waals surface area contributed by atoms with Gasteiger partial charge in [-0.05, 0) is 93.6 Å². The van der Waals surface area contributed by atoms with Crippen molar-refractivity contribution in [2.45, 2.75) is 35.5 Å². The molecule has 0 fully saturated rings. The first-order valence-corrected chi connectivity index (χ1v) is 28.4. The summed E-state index contributed by atoms with van der Waals surface area (Å²) in [5, 5.41) is 0. The fourth-order valence-electron chi connectivity index (χ4n) is 7.84. The largest absolute Gasteiger partial charge is 3.00 e. The molecule has 0 radical (unpaired) electrons. The van der Waals surface area contributed by atoms with Crippen molar-refractivity contribution in [3.05, 3.63) is 249 Å². The van der Waals surface area contributed by atoms with E-state index in [-0.39, 0.29) is 34.8 Å². The van der Waals surface area contributed by atoms with Gasteiger partial charge in [0.25, 0.3) is 0 Å². The van der Waals surface area contributed by atoms with Crippen molar-refractivity contribution in [2.24, 2.45) is 0 Å². The van der Waals surface area contributed by atoms with E-state index in [4.69, 9.17) is 13.3 Å². The summed E-state index contributed by atoms with van der Waals surface area (Å²) >= 11 is 0. The number of para-hydroxylation sites is 6. The van der Waals surface area contributed by atoms with Crippen LogP contribution < -0.4 is 0 Å². The zero-order chi connectivity index (χ0) is 54.4. The van der Waals surface area contributed by atoms with E-state index >= 15 is 0 Å². The van der Waals surface area contributed by atoms with Gasteiger partial charge in [-0.1, -0.05) is 162 Å². The van der Waals surface area contributed by atoms with E-state index in [0.717, 1.165) is 16.7 Å². The van der Waals surface area contributed by atoms with Crippen LogP contribution in [0.5, 0.6) is 0 Å². The molecule has 0 bridgehead atoms. The Hall–Kier alpha value is -8.71. The monoisotopic (exact) mass is 1280 g/mol. The number of benzene rings is 9. The quantitative estimate of drug-likeness (QED) is 0.111. The van der Waals surface area contributed by atoms with Crippen LogP contribution in [0, 0.1) is 20.8 Å². The molecule has 0 aliphatic heterocycles. The SMILES string of the molecule is Cc1ccc(S(=O)(=O)[N-]c2ccccc2-c2nc3ccccc3o2)cc1.Cc1ccc(S(=O)(=O)[N-]c2ccccc2-c2nc3ccccc3o2)cc1.Cc1ccc(S(=O)(=O)[N-]c2ccccc2-c2nc3ccccc3o2)cc1.[Ir+3]. The molecule has 0 N–H and O–H groups in total. The Morgan fingerprint density at radius 1 is 0.304 bits per heavy atom. The minimum atomic E-state index is -3.84. The number of hydrogen-bond donors (Lipinski definition) is 0. The van der Waals surface area contributed by atoms with Gasteiger partial charge in [-0.2, -0.15) is 0 Å². The van der Waals surface area contributed by atoms with Crippen LogP contribution in [-0.2, 0) is 50.2 Å². The minimum absolute atomic E-state index is 0. The van der Waals surface area contributed by atoms with Crippen LogP contribution >= 0.6 is 0 Å². The van der Waals surface area contributed by atoms with E-state index in [1.165, 1.54) is 0 Å². The summed E-state index contributed by atoms with van der Waals surface area (Å²) in [5.74, 6) is 1.01. The maximum atomic E-state index is 12.7. The summed E-state index contributed by atoms with van der Waals surface area (Å²) in [5.41, 5.74) is 9.44. The van der Waals surface area contributed by atoms with Crippen LogP contribution in [-0.4, -0.2) is 40.2 Å². The number of aromatic nitrogens is 3. The van der Waals surface area contributed by atoms with Gasteiger partial charge < -0.3 is 27.4 Å². The van der Waals surface area contributed by atoms with Crippen molar-refractivity contribution in [1.29, 1.82) is 0 Å². The van der Waals surface area contributed by atoms with E-state index in [2.05, 4.69) is 29.1 Å². The first-order chi connectivity index (χ1) is 37.6. The molecule has 0 spiro atoms. The Labute approximate surface area is 469 Å². The van der Waals surface area contributed by atoms with E-state index < -0.39 is 30.1 Å². The molecule has 0 aliphatic carbocycles. The first-order valence-electron chi connectivity index (χ1n) is 24.1. The summed E-state index contributed by atoms with van der Waals surface area (Å²) in [7, 11) is -11.5. The average Bonchev–Trinajstić information content (AvgIpc) is 4.25. The zero-order valence-corrected chi connectivity index (χ0v) is 47.0. The zero-order valence-electron chi connectivity index (χ0n) is 42.2. The third-order valence-corrected chi connectivity index (χ3v) is 15.8. The topological polar surface area (TPSA) is 223 Å². The molecule has 0 unspecified atom stereocenters. The molecule has 3 aromatic heterocycles. The van der Waals surface area contributed by atoms with Crippen LogP contribution in [0.2, 0.25) is 0 Å². The van der Waals surface area contributed by atoms with Crippen molar-refractivity contribution in [3.63, 3.8) is 0 Å². The molecule has 0 saturated heterocycles. The fourth-order valence-corrected chi connectivity index (χ4v) is 10.9. The summed E-state index contributed by atoms with van der Waals surface area (Å²) in [6, 6.07) is 62.6. The van der Waals surface area contributed by atoms with Gasteiger partial charge in [0.2, 0.25) is 17.7 Å². The Bertz CT molecular complexity index is 3900. The molecule has 19 heteroatoms. The Morgan fingerprint density at radius 2 is 0.532 bits per heavy atom.